The van der Waals surface area contributed by atoms with Crippen molar-refractivity contribution < 1.29 is 18.0 Å². The third-order valence-corrected chi connectivity index (χ3v) is 9.10. The van der Waals surface area contributed by atoms with Crippen molar-refractivity contribution in [3.63, 3.8) is 0 Å². The number of carbonyl (C=O) groups is 1. The van der Waals surface area contributed by atoms with E-state index in [9.17, 15) is 18.8 Å². The average Bonchev–Trinajstić information content (AvgIpc) is 3.47. The van der Waals surface area contributed by atoms with Crippen LogP contribution in [0.15, 0.2) is 81.4 Å². The van der Waals surface area contributed by atoms with Crippen molar-refractivity contribution in [3.05, 3.63) is 116 Å². The monoisotopic (exact) mass is 707 g/mol. The van der Waals surface area contributed by atoms with Crippen molar-refractivity contribution in [2.75, 3.05) is 38.5 Å². The molecule has 262 valence electrons. The number of amides is 1. The Balaban J connectivity index is 1.70. The highest BCUT2D eigenvalue weighted by molar-refractivity contribution is 7.22. The topological polar surface area (TPSA) is 151 Å². The van der Waals surface area contributed by atoms with Crippen molar-refractivity contribution in [3.8, 4) is 16.1 Å². The molecule has 50 heavy (non-hydrogen) atoms. The van der Waals surface area contributed by atoms with Crippen LogP contribution in [0.5, 0.6) is 0 Å². The van der Waals surface area contributed by atoms with Crippen molar-refractivity contribution in [2.45, 2.75) is 20.0 Å². The third-order valence-electron chi connectivity index (χ3n) is 7.80. The molecule has 1 amide bonds. The molecule has 5 aromatic rings. The van der Waals surface area contributed by atoms with Gasteiger partial charge in [0.1, 0.15) is 28.6 Å². The summed E-state index contributed by atoms with van der Waals surface area (Å²) in [5.74, 6) is 2.70. The number of aromatic nitrogens is 2. The average molecular weight is 708 g/mol. The summed E-state index contributed by atoms with van der Waals surface area (Å²) in [6.45, 7) is 3.11. The number of nitrogens with zero attached hydrogens (tertiary/aromatic N) is 4. The number of anilines is 1. The van der Waals surface area contributed by atoms with Crippen LogP contribution in [0.1, 0.15) is 18.1 Å². The first kappa shape index (κ1) is 35.8. The van der Waals surface area contributed by atoms with E-state index in [0.29, 0.717) is 41.3 Å². The van der Waals surface area contributed by atoms with Crippen LogP contribution in [0.4, 0.5) is 18.9 Å². The van der Waals surface area contributed by atoms with Crippen molar-refractivity contribution in [1.82, 2.24) is 30.2 Å². The van der Waals surface area contributed by atoms with Gasteiger partial charge in [-0.1, -0.05) is 18.2 Å². The lowest BCUT2D eigenvalue weighted by Crippen LogP contribution is -2.39. The van der Waals surface area contributed by atoms with Gasteiger partial charge in [0.25, 0.3) is 5.56 Å². The Labute approximate surface area is 289 Å². The zero-order valence-electron chi connectivity index (χ0n) is 27.3. The molecule has 2 heterocycles. The molecule has 0 spiro atoms. The zero-order chi connectivity index (χ0) is 35.8. The zero-order valence-corrected chi connectivity index (χ0v) is 28.1. The van der Waals surface area contributed by atoms with Gasteiger partial charge in [-0.15, -0.1) is 11.3 Å². The van der Waals surface area contributed by atoms with Gasteiger partial charge in [0.2, 0.25) is 5.91 Å². The summed E-state index contributed by atoms with van der Waals surface area (Å²) in [7, 11) is 1.85. The Morgan fingerprint density at radius 2 is 1.70 bits per heavy atom. The number of likely N-dealkylation sites (N-methyl/N-ethyl adjacent to an activating group) is 2. The fourth-order valence-electron chi connectivity index (χ4n) is 5.38. The van der Waals surface area contributed by atoms with E-state index < -0.39 is 35.2 Å². The summed E-state index contributed by atoms with van der Waals surface area (Å²) in [6, 6.07) is 15.5. The lowest BCUT2D eigenvalue weighted by atomic mass is 10.1. The first-order chi connectivity index (χ1) is 24.1. The number of nitrogens with one attached hydrogen (secondary N) is 4. The van der Waals surface area contributed by atoms with Crippen LogP contribution in [-0.4, -0.2) is 59.5 Å². The standard InChI is InChI=1S/C34H36F3N9O3S/c1-3-39-29(47)17-40-23-11-7-21(8-12-23)31-26(18-44(2)16-15-42-43-20-41-38)30-32(48)46(24-13-9-22(35)10-14-24)34(49)45(33(30)50-31)19-25-27(36)5-4-6-28(25)37/h4-14,20,40,42H,3,15-19,38H2,1-2H3,(H,39,47)(H,41,43). The van der Waals surface area contributed by atoms with Crippen LogP contribution in [0.2, 0.25) is 0 Å². The highest BCUT2D eigenvalue weighted by Gasteiger charge is 2.25. The van der Waals surface area contributed by atoms with Crippen LogP contribution in [0.25, 0.3) is 26.3 Å². The second kappa shape index (κ2) is 16.3. The third kappa shape index (κ3) is 8.05. The molecule has 12 nitrogen and oxygen atoms in total. The van der Waals surface area contributed by atoms with Crippen molar-refractivity contribution >= 4 is 39.5 Å². The van der Waals surface area contributed by atoms with Crippen LogP contribution in [0.3, 0.4) is 0 Å². The van der Waals surface area contributed by atoms with Gasteiger partial charge in [-0.05, 0) is 73.6 Å². The lowest BCUT2D eigenvalue weighted by molar-refractivity contribution is -0.119. The normalized spacial score (nSPS) is 11.5. The molecule has 0 unspecified atom stereocenters. The van der Waals surface area contributed by atoms with E-state index in [-0.39, 0.29) is 40.5 Å². The number of hydrogen-bond donors (Lipinski definition) is 5. The molecule has 3 aromatic carbocycles. The predicted octanol–water partition coefficient (Wildman–Crippen LogP) is 3.32. The smallest absolute Gasteiger partial charge is 0.337 e. The molecule has 6 N–H and O–H groups in total. The maximum absolute atomic E-state index is 15.0. The Bertz CT molecular complexity index is 2090. The van der Waals surface area contributed by atoms with E-state index in [4.69, 9.17) is 5.84 Å². The molecule has 0 bridgehead atoms. The number of hydrazine groups is 1. The van der Waals surface area contributed by atoms with E-state index in [1.165, 1.54) is 29.1 Å². The molecule has 2 aromatic heterocycles. The van der Waals surface area contributed by atoms with Crippen LogP contribution >= 0.6 is 11.3 Å². The molecule has 0 saturated carbocycles. The number of thiophene rings is 1. The van der Waals surface area contributed by atoms with E-state index in [0.717, 1.165) is 40.2 Å². The summed E-state index contributed by atoms with van der Waals surface area (Å²) in [4.78, 5) is 43.3. The number of hydrogen-bond acceptors (Lipinski definition) is 9. The van der Waals surface area contributed by atoms with E-state index >= 15 is 8.78 Å². The maximum atomic E-state index is 15.0. The quantitative estimate of drug-likeness (QED) is 0.0366. The van der Waals surface area contributed by atoms with Gasteiger partial charge in [-0.3, -0.25) is 14.2 Å². The number of hydrazone groups is 1. The van der Waals surface area contributed by atoms with Gasteiger partial charge in [-0.2, -0.15) is 5.10 Å². The summed E-state index contributed by atoms with van der Waals surface area (Å²) >= 11 is 1.15. The number of nitrogens with two attached hydrogens (primary N) is 1. The van der Waals surface area contributed by atoms with Gasteiger partial charge in [0.05, 0.1) is 24.2 Å². The Morgan fingerprint density at radius 3 is 2.36 bits per heavy atom. The summed E-state index contributed by atoms with van der Waals surface area (Å²) in [5, 5.41) is 9.34. The summed E-state index contributed by atoms with van der Waals surface area (Å²) in [6.07, 6.45) is 1.29. The number of benzene rings is 3. The fourth-order valence-corrected chi connectivity index (χ4v) is 6.69. The van der Waals surface area contributed by atoms with Gasteiger partial charge in [0.15, 0.2) is 0 Å². The number of fused-ring (bicyclic) bond motifs is 1. The number of halogens is 3. The maximum Gasteiger partial charge on any atom is 0.337 e. The second-order valence-electron chi connectivity index (χ2n) is 11.2. The molecule has 0 aliphatic rings. The molecule has 0 fully saturated rings. The molecular weight excluding hydrogens is 671 g/mol. The largest absolute Gasteiger partial charge is 0.376 e. The molecule has 5 rings (SSSR count). The first-order valence-corrected chi connectivity index (χ1v) is 16.4. The molecular formula is C34H36F3N9O3S. The minimum atomic E-state index is -0.849. The first-order valence-electron chi connectivity index (χ1n) is 15.6. The van der Waals surface area contributed by atoms with Crippen molar-refractivity contribution in [1.29, 1.82) is 0 Å². The Hall–Kier alpha value is -5.45. The highest BCUT2D eigenvalue weighted by atomic mass is 32.1. The van der Waals surface area contributed by atoms with Gasteiger partial charge in [0, 0.05) is 42.3 Å². The summed E-state index contributed by atoms with van der Waals surface area (Å²) in [5.41, 5.74) is 5.89. The van der Waals surface area contributed by atoms with Crippen LogP contribution < -0.4 is 38.6 Å². The fraction of sp³-hybridized carbons (Fsp3) is 0.235. The SMILES string of the molecule is CCNC(=O)CNc1ccc(-c2sc3c(c2CN(C)CCNNC=NN)c(=O)n(-c2ccc(F)cc2)c(=O)n3Cc2c(F)cccc2F)cc1. The number of carbonyl (C=O) groups excluding carboxylic acids is 1. The second-order valence-corrected chi connectivity index (χ2v) is 12.2. The molecule has 0 saturated heterocycles. The van der Waals surface area contributed by atoms with Crippen LogP contribution in [0, 0.1) is 17.5 Å². The van der Waals surface area contributed by atoms with Gasteiger partial charge >= 0.3 is 5.69 Å². The molecule has 0 aliphatic heterocycles. The van der Waals surface area contributed by atoms with Gasteiger partial charge in [-0.25, -0.2) is 28.0 Å². The minimum absolute atomic E-state index is 0.0773. The predicted molar refractivity (Wildman–Crippen MR) is 190 cm³/mol. The molecule has 0 atom stereocenters. The van der Waals surface area contributed by atoms with E-state index in [1.807, 2.05) is 31.0 Å². The minimum Gasteiger partial charge on any atom is -0.376 e. The van der Waals surface area contributed by atoms with E-state index in [1.54, 1.807) is 12.1 Å². The van der Waals surface area contributed by atoms with Crippen LogP contribution in [-0.2, 0) is 17.9 Å². The molecule has 0 radical (unpaired) electrons. The molecule has 0 aliphatic carbocycles. The van der Waals surface area contributed by atoms with E-state index in [2.05, 4.69) is 26.6 Å². The number of rotatable bonds is 15. The highest BCUT2D eigenvalue weighted by Crippen LogP contribution is 2.38. The van der Waals surface area contributed by atoms with Crippen molar-refractivity contribution in [2.24, 2.45) is 10.9 Å². The Morgan fingerprint density at radius 1 is 1.00 bits per heavy atom. The molecule has 16 heteroatoms. The lowest BCUT2D eigenvalue weighted by Gasteiger charge is -2.18. The summed E-state index contributed by atoms with van der Waals surface area (Å²) < 4.78 is 46.0. The van der Waals surface area contributed by atoms with Gasteiger partial charge < -0.3 is 26.8 Å². The Kier molecular flexibility index (Phi) is 11.7.